The Hall–Kier alpha value is -3.51. The second kappa shape index (κ2) is 9.39. The summed E-state index contributed by atoms with van der Waals surface area (Å²) in [6.07, 6.45) is 0.373. The summed E-state index contributed by atoms with van der Waals surface area (Å²) in [5.41, 5.74) is 3.84. The van der Waals surface area contributed by atoms with Crippen molar-refractivity contribution in [2.75, 3.05) is 25.2 Å². The Bertz CT molecular complexity index is 1330. The van der Waals surface area contributed by atoms with Gasteiger partial charge in [-0.25, -0.2) is 4.98 Å². The summed E-state index contributed by atoms with van der Waals surface area (Å²) in [4.78, 5) is 19.7. The number of amides is 1. The number of anilines is 1. The summed E-state index contributed by atoms with van der Waals surface area (Å²) >= 11 is 6.22. The fourth-order valence-corrected chi connectivity index (χ4v) is 4.68. The van der Waals surface area contributed by atoms with Gasteiger partial charge in [0, 0.05) is 23.9 Å². The number of rotatable bonds is 7. The van der Waals surface area contributed by atoms with E-state index in [0.29, 0.717) is 42.6 Å². The molecule has 1 aliphatic heterocycles. The number of imidazole rings is 1. The van der Waals surface area contributed by atoms with E-state index in [9.17, 15) is 4.79 Å². The van der Waals surface area contributed by atoms with Crippen molar-refractivity contribution in [3.05, 3.63) is 83.1 Å². The largest absolute Gasteiger partial charge is 0.495 e. The van der Waals surface area contributed by atoms with Gasteiger partial charge in [-0.15, -0.1) is 0 Å². The maximum atomic E-state index is 13.1. The first kappa shape index (κ1) is 22.3. The number of methoxy groups -OCH3 is 1. The third-order valence-corrected chi connectivity index (χ3v) is 6.45. The van der Waals surface area contributed by atoms with Crippen LogP contribution in [0, 0.1) is 6.92 Å². The van der Waals surface area contributed by atoms with Gasteiger partial charge >= 0.3 is 0 Å². The van der Waals surface area contributed by atoms with Gasteiger partial charge in [-0.05, 0) is 49.4 Å². The van der Waals surface area contributed by atoms with Crippen LogP contribution in [0.1, 0.15) is 23.7 Å². The molecule has 1 amide bonds. The lowest BCUT2D eigenvalue weighted by Gasteiger charge is -2.20. The first-order valence-electron chi connectivity index (χ1n) is 11.3. The highest BCUT2D eigenvalue weighted by Crippen LogP contribution is 2.38. The number of carbonyl (C=O) groups is 1. The van der Waals surface area contributed by atoms with E-state index in [1.807, 2.05) is 42.5 Å². The second-order valence-corrected chi connectivity index (χ2v) is 8.93. The molecule has 3 aromatic carbocycles. The molecule has 0 aliphatic carbocycles. The number of aryl methyl sites for hydroxylation is 1. The van der Waals surface area contributed by atoms with Gasteiger partial charge in [-0.1, -0.05) is 41.4 Å². The Morgan fingerprint density at radius 3 is 2.68 bits per heavy atom. The highest BCUT2D eigenvalue weighted by Gasteiger charge is 2.36. The molecule has 2 heterocycles. The molecule has 1 fully saturated rings. The van der Waals surface area contributed by atoms with Crippen LogP contribution < -0.4 is 14.4 Å². The zero-order chi connectivity index (χ0) is 23.7. The Labute approximate surface area is 203 Å². The third-order valence-electron chi connectivity index (χ3n) is 6.21. The van der Waals surface area contributed by atoms with Gasteiger partial charge < -0.3 is 18.9 Å². The van der Waals surface area contributed by atoms with Crippen LogP contribution in [-0.2, 0) is 11.3 Å². The molecule has 1 aromatic heterocycles. The minimum atomic E-state index is -0.0528. The number of hydrogen-bond donors (Lipinski definition) is 0. The molecule has 4 aromatic rings. The van der Waals surface area contributed by atoms with E-state index >= 15 is 0 Å². The van der Waals surface area contributed by atoms with Crippen molar-refractivity contribution in [3.8, 4) is 11.5 Å². The molecule has 0 N–H and O–H groups in total. The van der Waals surface area contributed by atoms with Crippen LogP contribution in [0.3, 0.4) is 0 Å². The van der Waals surface area contributed by atoms with E-state index in [0.717, 1.165) is 22.6 Å². The fourth-order valence-electron chi connectivity index (χ4n) is 4.52. The molecule has 0 bridgehead atoms. The van der Waals surface area contributed by atoms with Crippen LogP contribution >= 0.6 is 11.6 Å². The predicted octanol–water partition coefficient (Wildman–Crippen LogP) is 5.61. The summed E-state index contributed by atoms with van der Waals surface area (Å²) in [7, 11) is 1.60. The number of benzene rings is 3. The number of halogens is 1. The molecule has 0 saturated carbocycles. The van der Waals surface area contributed by atoms with Crippen molar-refractivity contribution >= 4 is 34.2 Å². The third kappa shape index (κ3) is 4.33. The SMILES string of the molecule is COc1ccc(Cl)cc1N1C[C@H](c2nc3ccccc3n2CCOc2ccc(C)cc2)CC1=O. The molecule has 1 aliphatic rings. The molecule has 0 spiro atoms. The van der Waals surface area contributed by atoms with Crippen molar-refractivity contribution in [2.24, 2.45) is 0 Å². The van der Waals surface area contributed by atoms with Crippen molar-refractivity contribution in [1.82, 2.24) is 9.55 Å². The zero-order valence-corrected chi connectivity index (χ0v) is 20.0. The number of hydrogen-bond acceptors (Lipinski definition) is 4. The quantitative estimate of drug-likeness (QED) is 0.349. The standard InChI is InChI=1S/C27H26ClN3O3/c1-18-7-10-21(11-8-18)34-14-13-30-23-6-4-3-5-22(23)29-27(30)19-15-26(32)31(17-19)24-16-20(28)9-12-25(24)33-2/h3-12,16,19H,13-15,17H2,1-2H3/t19-/m1/s1. The van der Waals surface area contributed by atoms with Gasteiger partial charge in [0.15, 0.2) is 0 Å². The molecular formula is C27H26ClN3O3. The van der Waals surface area contributed by atoms with Crippen molar-refractivity contribution in [2.45, 2.75) is 25.8 Å². The number of para-hydroxylation sites is 2. The molecule has 0 unspecified atom stereocenters. The van der Waals surface area contributed by atoms with Crippen molar-refractivity contribution < 1.29 is 14.3 Å². The van der Waals surface area contributed by atoms with Gasteiger partial charge in [0.05, 0.1) is 30.4 Å². The lowest BCUT2D eigenvalue weighted by Crippen LogP contribution is -2.25. The average molecular weight is 476 g/mol. The van der Waals surface area contributed by atoms with E-state index in [1.165, 1.54) is 5.56 Å². The Kier molecular flexibility index (Phi) is 6.16. The summed E-state index contributed by atoms with van der Waals surface area (Å²) in [6.45, 7) is 3.70. The highest BCUT2D eigenvalue weighted by molar-refractivity contribution is 6.31. The first-order chi connectivity index (χ1) is 16.5. The normalized spacial score (nSPS) is 15.8. The maximum Gasteiger partial charge on any atom is 0.227 e. The van der Waals surface area contributed by atoms with E-state index in [1.54, 1.807) is 30.2 Å². The molecular weight excluding hydrogens is 450 g/mol. The van der Waals surface area contributed by atoms with Gasteiger partial charge in [-0.3, -0.25) is 4.79 Å². The van der Waals surface area contributed by atoms with Crippen LogP contribution in [0.2, 0.25) is 5.02 Å². The van der Waals surface area contributed by atoms with Crippen LogP contribution in [0.15, 0.2) is 66.7 Å². The van der Waals surface area contributed by atoms with Crippen LogP contribution in [0.5, 0.6) is 11.5 Å². The van der Waals surface area contributed by atoms with E-state index in [2.05, 4.69) is 17.6 Å². The number of nitrogens with zero attached hydrogens (tertiary/aromatic N) is 3. The first-order valence-corrected chi connectivity index (χ1v) is 11.7. The number of ether oxygens (including phenoxy) is 2. The average Bonchev–Trinajstić information content (AvgIpc) is 3.41. The highest BCUT2D eigenvalue weighted by atomic mass is 35.5. The summed E-state index contributed by atoms with van der Waals surface area (Å²) in [5.74, 6) is 2.33. The van der Waals surface area contributed by atoms with Gasteiger partial charge in [0.25, 0.3) is 0 Å². The van der Waals surface area contributed by atoms with Gasteiger partial charge in [-0.2, -0.15) is 0 Å². The van der Waals surface area contributed by atoms with E-state index < -0.39 is 0 Å². The predicted molar refractivity (Wildman–Crippen MR) is 134 cm³/mol. The minimum Gasteiger partial charge on any atom is -0.495 e. The lowest BCUT2D eigenvalue weighted by atomic mass is 10.1. The van der Waals surface area contributed by atoms with Gasteiger partial charge in [0.2, 0.25) is 5.91 Å². The molecule has 34 heavy (non-hydrogen) atoms. The zero-order valence-electron chi connectivity index (χ0n) is 19.2. The number of fused-ring (bicyclic) bond motifs is 1. The van der Waals surface area contributed by atoms with E-state index in [-0.39, 0.29) is 11.8 Å². The molecule has 5 rings (SSSR count). The minimum absolute atomic E-state index is 0.0279. The van der Waals surface area contributed by atoms with Gasteiger partial charge in [0.1, 0.15) is 23.9 Å². The van der Waals surface area contributed by atoms with Crippen LogP contribution in [0.4, 0.5) is 5.69 Å². The number of carbonyl (C=O) groups excluding carboxylic acids is 1. The fraction of sp³-hybridized carbons (Fsp3) is 0.259. The van der Waals surface area contributed by atoms with Crippen LogP contribution in [0.25, 0.3) is 11.0 Å². The van der Waals surface area contributed by atoms with Crippen molar-refractivity contribution in [3.63, 3.8) is 0 Å². The second-order valence-electron chi connectivity index (χ2n) is 8.49. The summed E-state index contributed by atoms with van der Waals surface area (Å²) in [5, 5.41) is 0.563. The van der Waals surface area contributed by atoms with Crippen LogP contribution in [-0.4, -0.2) is 35.7 Å². The summed E-state index contributed by atoms with van der Waals surface area (Å²) < 4.78 is 13.7. The molecule has 0 radical (unpaired) electrons. The molecule has 6 nitrogen and oxygen atoms in total. The molecule has 174 valence electrons. The Balaban J connectivity index is 1.42. The molecule has 7 heteroatoms. The molecule has 1 saturated heterocycles. The molecule has 1 atom stereocenters. The Morgan fingerprint density at radius 2 is 1.88 bits per heavy atom. The maximum absolute atomic E-state index is 13.1. The van der Waals surface area contributed by atoms with Crippen molar-refractivity contribution in [1.29, 1.82) is 0 Å². The smallest absolute Gasteiger partial charge is 0.227 e. The number of aromatic nitrogens is 2. The monoisotopic (exact) mass is 475 g/mol. The summed E-state index contributed by atoms with van der Waals surface area (Å²) in [6, 6.07) is 21.4. The van der Waals surface area contributed by atoms with E-state index in [4.69, 9.17) is 26.1 Å². The topological polar surface area (TPSA) is 56.6 Å². The lowest BCUT2D eigenvalue weighted by molar-refractivity contribution is -0.117. The Morgan fingerprint density at radius 1 is 1.09 bits per heavy atom.